The van der Waals surface area contributed by atoms with Crippen molar-refractivity contribution in [1.29, 1.82) is 1.43 Å². The van der Waals surface area contributed by atoms with Gasteiger partial charge in [0.05, 0.1) is 5.48 Å². The van der Waals surface area contributed by atoms with Gasteiger partial charge in [0, 0.05) is 5.56 Å². The molecule has 1 rings (SSSR count). The molecule has 2 N–H and O–H groups in total. The summed E-state index contributed by atoms with van der Waals surface area (Å²) >= 11 is 0. The average molecular weight is 155 g/mol. The molecule has 11 heavy (non-hydrogen) atoms. The summed E-state index contributed by atoms with van der Waals surface area (Å²) in [7, 11) is -1.89. The van der Waals surface area contributed by atoms with Crippen molar-refractivity contribution in [2.75, 3.05) is 0 Å². The van der Waals surface area contributed by atoms with Crippen LogP contribution in [-0.4, -0.2) is 24.9 Å². The Kier molecular flexibility index (Phi) is 1.06. The average Bonchev–Trinajstić information content (AvgIpc) is 2.29. The van der Waals surface area contributed by atoms with E-state index in [-0.39, 0.29) is 6.29 Å². The van der Waals surface area contributed by atoms with Crippen molar-refractivity contribution in [2.45, 2.75) is 0 Å². The highest BCUT2D eigenvalue weighted by molar-refractivity contribution is 6.60. The van der Waals surface area contributed by atoms with Crippen LogP contribution < -0.4 is 5.46 Å². The van der Waals surface area contributed by atoms with Crippen LogP contribution in [0.4, 0.5) is 0 Å². The van der Waals surface area contributed by atoms with Crippen molar-refractivity contribution in [3.63, 3.8) is 0 Å². The Morgan fingerprint density at radius 2 is 2.36 bits per heavy atom. The monoisotopic (exact) mass is 155 g/mol. The summed E-state index contributed by atoms with van der Waals surface area (Å²) in [5.41, 5.74) is -0.846. The summed E-state index contributed by atoms with van der Waals surface area (Å²) in [6, 6.07) is -2.33. The van der Waals surface area contributed by atoms with Crippen LogP contribution in [0.2, 0.25) is 0 Å². The second-order valence-electron chi connectivity index (χ2n) is 1.80. The van der Waals surface area contributed by atoms with Gasteiger partial charge >= 0.3 is 7.12 Å². The zero-order valence-electron chi connectivity index (χ0n) is 10.4. The normalized spacial score (nSPS) is 15.5. The number of hydrogen-bond acceptors (Lipinski definition) is 3. The van der Waals surface area contributed by atoms with Crippen LogP contribution in [-0.2, 0) is 0 Å². The van der Waals surface area contributed by atoms with Crippen molar-refractivity contribution in [2.24, 2.45) is 0 Å². The molecule has 0 spiro atoms. The zero-order valence-corrected chi connectivity index (χ0v) is 5.42. The number of carbonyl (C=O) groups excluding carboxylic acids is 1. The van der Waals surface area contributed by atoms with E-state index in [9.17, 15) is 9.82 Å². The standard InChI is InChI=1S/C7H7BO3/c9-5-6-3-1-2-4-7(6)8(10)11/h1-5,10-11H/i1D,2D,3D,4D,10D. The minimum atomic E-state index is -1.89. The maximum absolute atomic E-state index is 10.7. The summed E-state index contributed by atoms with van der Waals surface area (Å²) in [5.74, 6) is 0. The van der Waals surface area contributed by atoms with Gasteiger partial charge in [-0.05, 0) is 5.46 Å². The van der Waals surface area contributed by atoms with Crippen LogP contribution in [0.15, 0.2) is 24.2 Å². The first-order chi connectivity index (χ1) is 7.45. The van der Waals surface area contributed by atoms with E-state index in [0.717, 1.165) is 0 Å². The Labute approximate surface area is 71.6 Å². The fraction of sp³-hybridized carbons (Fsp3) is 0. The summed E-state index contributed by atoms with van der Waals surface area (Å²) in [5, 5.41) is 13.1. The van der Waals surface area contributed by atoms with E-state index in [1.165, 1.54) is 0 Å². The molecule has 0 saturated carbocycles. The van der Waals surface area contributed by atoms with E-state index in [1.807, 2.05) is 0 Å². The molecule has 0 aromatic heterocycles. The number of rotatable bonds is 3. The molecule has 0 aliphatic heterocycles. The SMILES string of the molecule is [2H]OB(O)c1c([2H])c([2H])c([2H])c([2H])c1C=O. The fourth-order valence-corrected chi connectivity index (χ4v) is 0.620. The molecule has 0 amide bonds. The predicted octanol–water partition coefficient (Wildman–Crippen LogP) is -0.821. The topological polar surface area (TPSA) is 57.5 Å². The Morgan fingerprint density at radius 3 is 3.00 bits per heavy atom. The quantitative estimate of drug-likeness (QED) is 0.442. The minimum absolute atomic E-state index is 0.190. The minimum Gasteiger partial charge on any atom is -0.423 e. The van der Waals surface area contributed by atoms with Gasteiger partial charge in [-0.3, -0.25) is 4.79 Å². The van der Waals surface area contributed by atoms with E-state index < -0.39 is 42.3 Å². The molecular formula is C7H7BO3. The van der Waals surface area contributed by atoms with Gasteiger partial charge in [-0.2, -0.15) is 0 Å². The molecule has 0 aliphatic carbocycles. The summed E-state index contributed by atoms with van der Waals surface area (Å²) in [6.07, 6.45) is 0.190. The molecule has 0 radical (unpaired) electrons. The highest BCUT2D eigenvalue weighted by atomic mass is 16.4. The smallest absolute Gasteiger partial charge is 0.423 e. The Bertz CT molecular complexity index is 439. The lowest BCUT2D eigenvalue weighted by Gasteiger charge is -2.00. The van der Waals surface area contributed by atoms with E-state index >= 15 is 0 Å². The summed E-state index contributed by atoms with van der Waals surface area (Å²) in [4.78, 5) is 10.7. The highest BCUT2D eigenvalue weighted by Crippen LogP contribution is 1.92. The summed E-state index contributed by atoms with van der Waals surface area (Å²) < 4.78 is 35.9. The van der Waals surface area contributed by atoms with Crippen LogP contribution in [0.25, 0.3) is 0 Å². The van der Waals surface area contributed by atoms with Gasteiger partial charge in [0.1, 0.15) is 6.29 Å². The van der Waals surface area contributed by atoms with Gasteiger partial charge in [-0.25, -0.2) is 0 Å². The van der Waals surface area contributed by atoms with Gasteiger partial charge in [-0.1, -0.05) is 24.2 Å². The number of hydrogen-bond donors (Lipinski definition) is 2. The number of carbonyl (C=O) groups is 1. The molecular weight excluding hydrogens is 143 g/mol. The molecule has 3 nitrogen and oxygen atoms in total. The van der Waals surface area contributed by atoms with Crippen molar-refractivity contribution < 1.29 is 20.3 Å². The maximum Gasteiger partial charge on any atom is 0.489 e. The van der Waals surface area contributed by atoms with E-state index in [2.05, 4.69) is 5.03 Å². The Hall–Kier alpha value is -1.13. The molecule has 0 unspecified atom stereocenters. The van der Waals surface area contributed by atoms with Crippen LogP contribution in [0.1, 0.15) is 15.8 Å². The second kappa shape index (κ2) is 3.32. The molecule has 4 heteroatoms. The third-order valence-electron chi connectivity index (χ3n) is 1.11. The van der Waals surface area contributed by atoms with Crippen molar-refractivity contribution >= 4 is 18.9 Å². The molecule has 0 saturated heterocycles. The molecule has 0 atom stereocenters. The number of benzene rings is 1. The lowest BCUT2D eigenvalue weighted by Crippen LogP contribution is -2.32. The Morgan fingerprint density at radius 1 is 1.64 bits per heavy atom. The molecule has 56 valence electrons. The van der Waals surface area contributed by atoms with Crippen LogP contribution >= 0.6 is 0 Å². The molecule has 0 heterocycles. The third kappa shape index (κ3) is 1.66. The van der Waals surface area contributed by atoms with Crippen molar-refractivity contribution in [3.8, 4) is 0 Å². The largest absolute Gasteiger partial charge is 0.489 e. The zero-order chi connectivity index (χ0) is 12.5. The first-order valence-corrected chi connectivity index (χ1v) is 2.81. The van der Waals surface area contributed by atoms with Crippen LogP contribution in [0.5, 0.6) is 0 Å². The van der Waals surface area contributed by atoms with Gasteiger partial charge in [0.2, 0.25) is 0 Å². The van der Waals surface area contributed by atoms with Gasteiger partial charge in [-0.15, -0.1) is 0 Å². The Balaban J connectivity index is 3.64. The molecule has 1 aromatic carbocycles. The second-order valence-corrected chi connectivity index (χ2v) is 1.80. The molecule has 0 aliphatic rings. The van der Waals surface area contributed by atoms with Gasteiger partial charge in [0.25, 0.3) is 0 Å². The van der Waals surface area contributed by atoms with E-state index in [0.29, 0.717) is 0 Å². The lowest BCUT2D eigenvalue weighted by atomic mass is 9.77. The fourth-order valence-electron chi connectivity index (χ4n) is 0.620. The summed E-state index contributed by atoms with van der Waals surface area (Å²) in [6.45, 7) is 0. The predicted molar refractivity (Wildman–Crippen MR) is 41.7 cm³/mol. The first-order valence-electron chi connectivity index (χ1n) is 5.22. The number of aldehydes is 1. The lowest BCUT2D eigenvalue weighted by molar-refractivity contribution is 0.112. The van der Waals surface area contributed by atoms with Crippen LogP contribution in [0, 0.1) is 0 Å². The van der Waals surface area contributed by atoms with E-state index in [4.69, 9.17) is 6.91 Å². The first kappa shape index (κ1) is 3.52. The molecule has 0 bridgehead atoms. The van der Waals surface area contributed by atoms with Crippen LogP contribution in [0.3, 0.4) is 0 Å². The third-order valence-corrected chi connectivity index (χ3v) is 1.11. The molecule has 1 aromatic rings. The van der Waals surface area contributed by atoms with Crippen molar-refractivity contribution in [3.05, 3.63) is 29.7 Å². The van der Waals surface area contributed by atoms with Gasteiger partial charge in [0.15, 0.2) is 1.43 Å². The van der Waals surface area contributed by atoms with Crippen molar-refractivity contribution in [1.82, 2.24) is 0 Å². The maximum atomic E-state index is 10.7. The molecule has 0 fully saturated rings. The van der Waals surface area contributed by atoms with E-state index in [1.54, 1.807) is 0 Å². The van der Waals surface area contributed by atoms with Gasteiger partial charge < -0.3 is 10.1 Å². The highest BCUT2D eigenvalue weighted by Gasteiger charge is 2.13.